The fourth-order valence-corrected chi connectivity index (χ4v) is 3.67. The predicted molar refractivity (Wildman–Crippen MR) is 111 cm³/mol. The van der Waals surface area contributed by atoms with E-state index in [0.29, 0.717) is 23.3 Å². The summed E-state index contributed by atoms with van der Waals surface area (Å²) >= 11 is 0. The SMILES string of the molecule is Cc1ccccc1OC1CCN(CC(=O)Nc2ccc3c(c2)oc(=O)n3C)CC1. The second-order valence-corrected chi connectivity index (χ2v) is 7.52. The molecular weight excluding hydrogens is 370 g/mol. The second kappa shape index (κ2) is 8.13. The van der Waals surface area contributed by atoms with Gasteiger partial charge in [0.25, 0.3) is 0 Å². The highest BCUT2D eigenvalue weighted by atomic mass is 16.5. The first-order valence-electron chi connectivity index (χ1n) is 9.83. The lowest BCUT2D eigenvalue weighted by atomic mass is 10.1. The molecule has 1 aromatic heterocycles. The van der Waals surface area contributed by atoms with Crippen molar-refractivity contribution in [2.24, 2.45) is 7.05 Å². The summed E-state index contributed by atoms with van der Waals surface area (Å²) in [5.74, 6) is 0.437. The van der Waals surface area contributed by atoms with Crippen molar-refractivity contribution in [3.05, 3.63) is 58.6 Å². The largest absolute Gasteiger partial charge is 0.490 e. The van der Waals surface area contributed by atoms with E-state index in [1.807, 2.05) is 31.2 Å². The Hall–Kier alpha value is -3.06. The average molecular weight is 395 g/mol. The number of carbonyl (C=O) groups excluding carboxylic acids is 1. The number of nitrogens with one attached hydrogen (secondary N) is 1. The minimum Gasteiger partial charge on any atom is -0.490 e. The van der Waals surface area contributed by atoms with Gasteiger partial charge in [0.05, 0.1) is 12.1 Å². The molecule has 2 aromatic carbocycles. The molecule has 1 aliphatic heterocycles. The maximum atomic E-state index is 12.4. The molecule has 0 aliphatic carbocycles. The molecule has 29 heavy (non-hydrogen) atoms. The van der Waals surface area contributed by atoms with E-state index in [1.54, 1.807) is 25.2 Å². The Kier molecular flexibility index (Phi) is 5.40. The van der Waals surface area contributed by atoms with Gasteiger partial charge in [-0.3, -0.25) is 14.3 Å². The Bertz CT molecular complexity index is 1080. The second-order valence-electron chi connectivity index (χ2n) is 7.52. The molecule has 1 saturated heterocycles. The summed E-state index contributed by atoms with van der Waals surface area (Å²) in [6, 6.07) is 13.3. The molecule has 7 heteroatoms. The molecule has 152 valence electrons. The van der Waals surface area contributed by atoms with E-state index in [2.05, 4.69) is 10.2 Å². The third kappa shape index (κ3) is 4.35. The van der Waals surface area contributed by atoms with Crippen LogP contribution in [-0.4, -0.2) is 41.1 Å². The van der Waals surface area contributed by atoms with E-state index in [-0.39, 0.29) is 12.0 Å². The number of likely N-dealkylation sites (tertiary alicyclic amines) is 1. The Morgan fingerprint density at radius 1 is 1.21 bits per heavy atom. The van der Waals surface area contributed by atoms with E-state index >= 15 is 0 Å². The summed E-state index contributed by atoms with van der Waals surface area (Å²) in [7, 11) is 1.65. The first-order chi connectivity index (χ1) is 14.0. The Morgan fingerprint density at radius 3 is 2.72 bits per heavy atom. The summed E-state index contributed by atoms with van der Waals surface area (Å²) in [5, 5.41) is 2.89. The highest BCUT2D eigenvalue weighted by Gasteiger charge is 2.22. The van der Waals surface area contributed by atoms with Crippen LogP contribution in [0.25, 0.3) is 11.1 Å². The molecule has 1 amide bonds. The van der Waals surface area contributed by atoms with Crippen LogP contribution in [0.1, 0.15) is 18.4 Å². The van der Waals surface area contributed by atoms with Crippen molar-refractivity contribution in [1.29, 1.82) is 0 Å². The minimum absolute atomic E-state index is 0.0825. The van der Waals surface area contributed by atoms with Crippen LogP contribution in [-0.2, 0) is 11.8 Å². The fourth-order valence-electron chi connectivity index (χ4n) is 3.67. The van der Waals surface area contributed by atoms with Gasteiger partial charge < -0.3 is 14.5 Å². The van der Waals surface area contributed by atoms with Gasteiger partial charge in [0.15, 0.2) is 5.58 Å². The van der Waals surface area contributed by atoms with Crippen molar-refractivity contribution in [3.8, 4) is 5.75 Å². The number of anilines is 1. The highest BCUT2D eigenvalue weighted by molar-refractivity contribution is 5.94. The van der Waals surface area contributed by atoms with Crippen molar-refractivity contribution in [1.82, 2.24) is 9.47 Å². The zero-order chi connectivity index (χ0) is 20.4. The van der Waals surface area contributed by atoms with Gasteiger partial charge >= 0.3 is 5.76 Å². The van der Waals surface area contributed by atoms with E-state index < -0.39 is 5.76 Å². The Morgan fingerprint density at radius 2 is 1.97 bits per heavy atom. The molecule has 4 rings (SSSR count). The zero-order valence-corrected chi connectivity index (χ0v) is 16.7. The van der Waals surface area contributed by atoms with Gasteiger partial charge in [-0.05, 0) is 43.5 Å². The standard InChI is InChI=1S/C22H25N3O4/c1-15-5-3-4-6-19(15)28-17-9-11-25(12-10-17)14-21(26)23-16-7-8-18-20(13-16)29-22(27)24(18)2/h3-8,13,17H,9-12,14H2,1-2H3,(H,23,26). The number of carbonyl (C=O) groups is 1. The van der Waals surface area contributed by atoms with Crippen LogP contribution in [0.2, 0.25) is 0 Å². The van der Waals surface area contributed by atoms with E-state index in [9.17, 15) is 9.59 Å². The van der Waals surface area contributed by atoms with Crippen molar-refractivity contribution >= 4 is 22.7 Å². The van der Waals surface area contributed by atoms with E-state index in [1.165, 1.54) is 4.57 Å². The monoisotopic (exact) mass is 395 g/mol. The Balaban J connectivity index is 1.29. The molecule has 1 N–H and O–H groups in total. The number of nitrogens with zero attached hydrogens (tertiary/aromatic N) is 2. The molecule has 0 spiro atoms. The summed E-state index contributed by atoms with van der Waals surface area (Å²) < 4.78 is 12.7. The van der Waals surface area contributed by atoms with Gasteiger partial charge in [-0.25, -0.2) is 4.79 Å². The lowest BCUT2D eigenvalue weighted by Gasteiger charge is -2.32. The quantitative estimate of drug-likeness (QED) is 0.719. The Labute approximate surface area is 168 Å². The van der Waals surface area contributed by atoms with Crippen LogP contribution >= 0.6 is 0 Å². The van der Waals surface area contributed by atoms with Crippen LogP contribution in [0.15, 0.2) is 51.7 Å². The smallest absolute Gasteiger partial charge is 0.419 e. The highest BCUT2D eigenvalue weighted by Crippen LogP contribution is 2.22. The molecule has 0 saturated carbocycles. The van der Waals surface area contributed by atoms with Crippen LogP contribution in [0.4, 0.5) is 5.69 Å². The number of ether oxygens (including phenoxy) is 1. The van der Waals surface area contributed by atoms with Crippen molar-refractivity contribution in [2.75, 3.05) is 25.0 Å². The van der Waals surface area contributed by atoms with Gasteiger partial charge in [0.1, 0.15) is 11.9 Å². The van der Waals surface area contributed by atoms with E-state index in [4.69, 9.17) is 9.15 Å². The van der Waals surface area contributed by atoms with Crippen LogP contribution in [0, 0.1) is 6.92 Å². The molecule has 0 unspecified atom stereocenters. The first kappa shape index (κ1) is 19.3. The third-order valence-electron chi connectivity index (χ3n) is 5.37. The normalized spacial score (nSPS) is 15.5. The van der Waals surface area contributed by atoms with Gasteiger partial charge in [-0.15, -0.1) is 0 Å². The van der Waals surface area contributed by atoms with Crippen LogP contribution in [0.3, 0.4) is 0 Å². The lowest BCUT2D eigenvalue weighted by molar-refractivity contribution is -0.117. The maximum Gasteiger partial charge on any atom is 0.419 e. The molecule has 7 nitrogen and oxygen atoms in total. The number of para-hydroxylation sites is 1. The number of amides is 1. The van der Waals surface area contributed by atoms with Gasteiger partial charge in [-0.2, -0.15) is 0 Å². The van der Waals surface area contributed by atoms with Crippen molar-refractivity contribution in [2.45, 2.75) is 25.9 Å². The molecule has 0 atom stereocenters. The topological polar surface area (TPSA) is 76.7 Å². The number of fused-ring (bicyclic) bond motifs is 1. The van der Waals surface area contributed by atoms with Crippen LogP contribution in [0.5, 0.6) is 5.75 Å². The zero-order valence-electron chi connectivity index (χ0n) is 16.7. The van der Waals surface area contributed by atoms with E-state index in [0.717, 1.165) is 37.2 Å². The van der Waals surface area contributed by atoms with Gasteiger partial charge in [0.2, 0.25) is 5.91 Å². The number of aromatic nitrogens is 1. The molecule has 1 fully saturated rings. The van der Waals surface area contributed by atoms with Gasteiger partial charge in [0, 0.05) is 31.9 Å². The third-order valence-corrected chi connectivity index (χ3v) is 5.37. The summed E-state index contributed by atoms with van der Waals surface area (Å²) in [4.78, 5) is 26.1. The lowest BCUT2D eigenvalue weighted by Crippen LogP contribution is -2.42. The number of rotatable bonds is 5. The maximum absolute atomic E-state index is 12.4. The van der Waals surface area contributed by atoms with Gasteiger partial charge in [-0.1, -0.05) is 18.2 Å². The number of aryl methyl sites for hydroxylation is 2. The summed E-state index contributed by atoms with van der Waals surface area (Å²) in [6.45, 7) is 4.01. The molecule has 2 heterocycles. The predicted octanol–water partition coefficient (Wildman–Crippen LogP) is 2.92. The number of piperidine rings is 1. The molecule has 3 aromatic rings. The fraction of sp³-hybridized carbons (Fsp3) is 0.364. The number of hydrogen-bond acceptors (Lipinski definition) is 5. The number of hydrogen-bond donors (Lipinski definition) is 1. The molecule has 1 aliphatic rings. The first-order valence-corrected chi connectivity index (χ1v) is 9.83. The summed E-state index contributed by atoms with van der Waals surface area (Å²) in [5.41, 5.74) is 2.92. The summed E-state index contributed by atoms with van der Waals surface area (Å²) in [6.07, 6.45) is 1.96. The molecular formula is C22H25N3O4. The molecule has 0 radical (unpaired) electrons. The number of oxazole rings is 1. The van der Waals surface area contributed by atoms with Crippen molar-refractivity contribution in [3.63, 3.8) is 0 Å². The van der Waals surface area contributed by atoms with Crippen LogP contribution < -0.4 is 15.8 Å². The average Bonchev–Trinajstić information content (AvgIpc) is 2.98. The van der Waals surface area contributed by atoms with Crippen molar-refractivity contribution < 1.29 is 13.9 Å². The number of benzene rings is 2. The minimum atomic E-state index is -0.417. The molecule has 0 bridgehead atoms.